The molecule has 1 aromatic carbocycles. The lowest BCUT2D eigenvalue weighted by molar-refractivity contribution is -0.116. The van der Waals surface area contributed by atoms with Gasteiger partial charge in [0.2, 0.25) is 5.91 Å². The minimum Gasteiger partial charge on any atom is -0.326 e. The zero-order chi connectivity index (χ0) is 12.7. The normalized spacial score (nSPS) is 9.71. The third-order valence-electron chi connectivity index (χ3n) is 2.15. The van der Waals surface area contributed by atoms with Crippen molar-refractivity contribution in [3.05, 3.63) is 28.8 Å². The molecule has 0 unspecified atom stereocenters. The van der Waals surface area contributed by atoms with Crippen molar-refractivity contribution < 1.29 is 4.79 Å². The predicted molar refractivity (Wildman–Crippen MR) is 68.0 cm³/mol. The molecule has 0 saturated carbocycles. The number of hydrogen-bond donors (Lipinski definition) is 2. The van der Waals surface area contributed by atoms with Gasteiger partial charge in [0, 0.05) is 18.7 Å². The summed E-state index contributed by atoms with van der Waals surface area (Å²) in [5.74, 6) is -0.0771. The summed E-state index contributed by atoms with van der Waals surface area (Å²) in [7, 11) is 0. The summed E-state index contributed by atoms with van der Waals surface area (Å²) in [4.78, 5) is 11.5. The number of nitrogens with zero attached hydrogens (tertiary/aromatic N) is 1. The summed E-state index contributed by atoms with van der Waals surface area (Å²) in [5.41, 5.74) is 1.01. The SMILES string of the molecule is CCNCCC(=O)Nc1ccc(C#N)c(Cl)c1. The molecule has 2 N–H and O–H groups in total. The van der Waals surface area contributed by atoms with Crippen LogP contribution < -0.4 is 10.6 Å². The molecule has 0 bridgehead atoms. The highest BCUT2D eigenvalue weighted by Crippen LogP contribution is 2.20. The zero-order valence-electron chi connectivity index (χ0n) is 9.59. The molecule has 5 heteroatoms. The summed E-state index contributed by atoms with van der Waals surface area (Å²) in [5, 5.41) is 14.8. The average molecular weight is 252 g/mol. The molecule has 0 heterocycles. The van der Waals surface area contributed by atoms with Gasteiger partial charge in [-0.05, 0) is 24.7 Å². The number of anilines is 1. The van der Waals surface area contributed by atoms with Gasteiger partial charge in [-0.1, -0.05) is 18.5 Å². The van der Waals surface area contributed by atoms with Crippen LogP contribution in [0.1, 0.15) is 18.9 Å². The monoisotopic (exact) mass is 251 g/mol. The first kappa shape index (κ1) is 13.5. The molecule has 0 spiro atoms. The molecular weight excluding hydrogens is 238 g/mol. The topological polar surface area (TPSA) is 64.9 Å². The van der Waals surface area contributed by atoms with Gasteiger partial charge in [0.25, 0.3) is 0 Å². The van der Waals surface area contributed by atoms with Crippen LogP contribution in [0.25, 0.3) is 0 Å². The van der Waals surface area contributed by atoms with E-state index in [1.165, 1.54) is 0 Å². The van der Waals surface area contributed by atoms with Crippen LogP contribution in [0.15, 0.2) is 18.2 Å². The number of nitrogens with one attached hydrogen (secondary N) is 2. The van der Waals surface area contributed by atoms with E-state index in [4.69, 9.17) is 16.9 Å². The van der Waals surface area contributed by atoms with Gasteiger partial charge in [0.05, 0.1) is 10.6 Å². The Balaban J connectivity index is 2.55. The lowest BCUT2D eigenvalue weighted by Crippen LogP contribution is -2.21. The molecule has 1 amide bonds. The van der Waals surface area contributed by atoms with E-state index >= 15 is 0 Å². The molecule has 1 rings (SSSR count). The number of benzene rings is 1. The maximum absolute atomic E-state index is 11.5. The molecule has 0 saturated heterocycles. The second kappa shape index (κ2) is 6.89. The first-order valence-corrected chi connectivity index (χ1v) is 5.75. The Hall–Kier alpha value is -1.57. The molecule has 0 aromatic heterocycles. The number of carbonyl (C=O) groups is 1. The van der Waals surface area contributed by atoms with E-state index in [0.29, 0.717) is 29.2 Å². The van der Waals surface area contributed by atoms with E-state index in [1.807, 2.05) is 13.0 Å². The first-order valence-electron chi connectivity index (χ1n) is 5.37. The Morgan fingerprint density at radius 1 is 1.53 bits per heavy atom. The van der Waals surface area contributed by atoms with E-state index in [1.54, 1.807) is 18.2 Å². The quantitative estimate of drug-likeness (QED) is 0.788. The van der Waals surface area contributed by atoms with Crippen molar-refractivity contribution in [2.45, 2.75) is 13.3 Å². The van der Waals surface area contributed by atoms with Crippen LogP contribution in [0.2, 0.25) is 5.02 Å². The maximum Gasteiger partial charge on any atom is 0.225 e. The Bertz CT molecular complexity index is 440. The smallest absolute Gasteiger partial charge is 0.225 e. The third-order valence-corrected chi connectivity index (χ3v) is 2.46. The fourth-order valence-corrected chi connectivity index (χ4v) is 1.51. The maximum atomic E-state index is 11.5. The van der Waals surface area contributed by atoms with Crippen molar-refractivity contribution in [1.82, 2.24) is 5.32 Å². The Morgan fingerprint density at radius 3 is 2.88 bits per heavy atom. The van der Waals surface area contributed by atoms with Gasteiger partial charge in [0.1, 0.15) is 6.07 Å². The summed E-state index contributed by atoms with van der Waals surface area (Å²) in [6, 6.07) is 6.79. The number of nitriles is 1. The minimum atomic E-state index is -0.0771. The lowest BCUT2D eigenvalue weighted by atomic mass is 10.2. The summed E-state index contributed by atoms with van der Waals surface area (Å²) in [6.45, 7) is 3.47. The first-order chi connectivity index (χ1) is 8.17. The van der Waals surface area contributed by atoms with Crippen LogP contribution in [0.5, 0.6) is 0 Å². The molecular formula is C12H14ClN3O. The highest BCUT2D eigenvalue weighted by atomic mass is 35.5. The molecule has 1 aromatic rings. The molecule has 0 aliphatic heterocycles. The Morgan fingerprint density at radius 2 is 2.29 bits per heavy atom. The second-order valence-corrected chi connectivity index (χ2v) is 3.87. The van der Waals surface area contributed by atoms with Crippen molar-refractivity contribution >= 4 is 23.2 Å². The standard InChI is InChI=1S/C12H14ClN3O/c1-2-15-6-5-12(17)16-10-4-3-9(8-14)11(13)7-10/h3-4,7,15H,2,5-6H2,1H3,(H,16,17). The van der Waals surface area contributed by atoms with Gasteiger partial charge >= 0.3 is 0 Å². The molecule has 0 aliphatic carbocycles. The summed E-state index contributed by atoms with van der Waals surface area (Å²) >= 11 is 5.85. The van der Waals surface area contributed by atoms with E-state index in [2.05, 4.69) is 10.6 Å². The van der Waals surface area contributed by atoms with E-state index in [0.717, 1.165) is 6.54 Å². The predicted octanol–water partition coefficient (Wildman–Crippen LogP) is 2.15. The number of amides is 1. The summed E-state index contributed by atoms with van der Waals surface area (Å²) < 4.78 is 0. The second-order valence-electron chi connectivity index (χ2n) is 3.46. The van der Waals surface area contributed by atoms with Crippen molar-refractivity contribution in [2.75, 3.05) is 18.4 Å². The molecule has 0 atom stereocenters. The van der Waals surface area contributed by atoms with Gasteiger partial charge < -0.3 is 10.6 Å². The van der Waals surface area contributed by atoms with Crippen LogP contribution in [-0.4, -0.2) is 19.0 Å². The van der Waals surface area contributed by atoms with Crippen molar-refractivity contribution in [3.63, 3.8) is 0 Å². The molecule has 0 fully saturated rings. The number of hydrogen-bond acceptors (Lipinski definition) is 3. The number of rotatable bonds is 5. The molecule has 4 nitrogen and oxygen atoms in total. The lowest BCUT2D eigenvalue weighted by Gasteiger charge is -2.06. The van der Waals surface area contributed by atoms with Crippen LogP contribution in [0.3, 0.4) is 0 Å². The molecule has 90 valence electrons. The fraction of sp³-hybridized carbons (Fsp3) is 0.333. The van der Waals surface area contributed by atoms with Gasteiger partial charge in [-0.2, -0.15) is 5.26 Å². The molecule has 0 aliphatic rings. The van der Waals surface area contributed by atoms with Crippen LogP contribution in [0, 0.1) is 11.3 Å². The highest BCUT2D eigenvalue weighted by molar-refractivity contribution is 6.32. The Kier molecular flexibility index (Phi) is 5.47. The van der Waals surface area contributed by atoms with Crippen LogP contribution in [0.4, 0.5) is 5.69 Å². The zero-order valence-corrected chi connectivity index (χ0v) is 10.3. The van der Waals surface area contributed by atoms with Gasteiger partial charge in [0.15, 0.2) is 0 Å². The van der Waals surface area contributed by atoms with Gasteiger partial charge in [-0.3, -0.25) is 4.79 Å². The average Bonchev–Trinajstić information content (AvgIpc) is 2.29. The van der Waals surface area contributed by atoms with E-state index in [9.17, 15) is 4.79 Å². The number of halogens is 1. The minimum absolute atomic E-state index is 0.0771. The fourth-order valence-electron chi connectivity index (χ4n) is 1.29. The van der Waals surface area contributed by atoms with Crippen LogP contribution in [-0.2, 0) is 4.79 Å². The third kappa shape index (κ3) is 4.43. The van der Waals surface area contributed by atoms with Crippen molar-refractivity contribution in [1.29, 1.82) is 5.26 Å². The molecule has 0 radical (unpaired) electrons. The largest absolute Gasteiger partial charge is 0.326 e. The van der Waals surface area contributed by atoms with Gasteiger partial charge in [-0.25, -0.2) is 0 Å². The number of carbonyl (C=O) groups excluding carboxylic acids is 1. The van der Waals surface area contributed by atoms with Gasteiger partial charge in [-0.15, -0.1) is 0 Å². The van der Waals surface area contributed by atoms with E-state index in [-0.39, 0.29) is 5.91 Å². The van der Waals surface area contributed by atoms with Crippen molar-refractivity contribution in [3.8, 4) is 6.07 Å². The molecule has 17 heavy (non-hydrogen) atoms. The highest BCUT2D eigenvalue weighted by Gasteiger charge is 2.04. The van der Waals surface area contributed by atoms with Crippen molar-refractivity contribution in [2.24, 2.45) is 0 Å². The van der Waals surface area contributed by atoms with E-state index < -0.39 is 0 Å². The van der Waals surface area contributed by atoms with Crippen LogP contribution >= 0.6 is 11.6 Å². The Labute approximate surface area is 106 Å². The summed E-state index contributed by atoms with van der Waals surface area (Å²) in [6.07, 6.45) is 0.408.